The first kappa shape index (κ1) is 27.0. The summed E-state index contributed by atoms with van der Waals surface area (Å²) in [5.41, 5.74) is -0.785. The number of hydrogen-bond donors (Lipinski definition) is 8. The van der Waals surface area contributed by atoms with Crippen LogP contribution in [0.15, 0.2) is 46.2 Å². The summed E-state index contributed by atoms with van der Waals surface area (Å²) < 4.78 is 63.5. The zero-order valence-electron chi connectivity index (χ0n) is 17.0. The fourth-order valence-corrected chi connectivity index (χ4v) is 3.97. The Balaban J connectivity index is 2.20. The standard InChI is InChI=1S/C18H20N2O12S2/c21-13-3-1-9(33(27,28)29)7-11(13)15(17(23)24)19-5-6-20-16(18(25)26)12-8-10(34(30,31)32)2-4-14(12)22/h1-4,7-8,15-16,19-22H,5-6H2,(H,23,24)(H,25,26)(H,27,28,29)(H,30,31,32)/t15-,16+. The summed E-state index contributed by atoms with van der Waals surface area (Å²) in [5.74, 6) is -4.24. The molecule has 186 valence electrons. The second kappa shape index (κ2) is 10.3. The number of phenols is 2. The molecule has 0 amide bonds. The van der Waals surface area contributed by atoms with Crippen LogP contribution in [0.25, 0.3) is 0 Å². The van der Waals surface area contributed by atoms with Crippen LogP contribution in [0.2, 0.25) is 0 Å². The number of carbonyl (C=O) groups is 2. The van der Waals surface area contributed by atoms with Gasteiger partial charge in [0.2, 0.25) is 0 Å². The number of nitrogens with one attached hydrogen (secondary N) is 2. The zero-order chi connectivity index (χ0) is 25.8. The van der Waals surface area contributed by atoms with E-state index in [1.807, 2.05) is 0 Å². The highest BCUT2D eigenvalue weighted by molar-refractivity contribution is 7.86. The van der Waals surface area contributed by atoms with Gasteiger partial charge in [-0.1, -0.05) is 0 Å². The molecule has 0 radical (unpaired) electrons. The van der Waals surface area contributed by atoms with Crippen molar-refractivity contribution in [2.24, 2.45) is 0 Å². The van der Waals surface area contributed by atoms with Crippen molar-refractivity contribution < 1.29 is 56.0 Å². The molecule has 2 atom stereocenters. The molecule has 34 heavy (non-hydrogen) atoms. The average molecular weight is 520 g/mol. The topological polar surface area (TPSA) is 248 Å². The molecule has 0 spiro atoms. The average Bonchev–Trinajstić information content (AvgIpc) is 2.70. The van der Waals surface area contributed by atoms with Crippen molar-refractivity contribution >= 4 is 32.2 Å². The van der Waals surface area contributed by atoms with E-state index in [-0.39, 0.29) is 13.1 Å². The van der Waals surface area contributed by atoms with Crippen LogP contribution in [0.5, 0.6) is 11.5 Å². The first-order valence-corrected chi connectivity index (χ1v) is 12.0. The van der Waals surface area contributed by atoms with Gasteiger partial charge in [0.25, 0.3) is 20.2 Å². The van der Waals surface area contributed by atoms with E-state index in [4.69, 9.17) is 9.11 Å². The van der Waals surface area contributed by atoms with Crippen molar-refractivity contribution in [2.45, 2.75) is 21.9 Å². The maximum atomic E-state index is 11.6. The third-order valence-electron chi connectivity index (χ3n) is 4.53. The highest BCUT2D eigenvalue weighted by Gasteiger charge is 2.27. The van der Waals surface area contributed by atoms with Crippen LogP contribution in [0.3, 0.4) is 0 Å². The van der Waals surface area contributed by atoms with E-state index >= 15 is 0 Å². The first-order valence-electron chi connectivity index (χ1n) is 9.16. The number of carboxylic acid groups (broad SMARTS) is 2. The van der Waals surface area contributed by atoms with Gasteiger partial charge in [-0.25, -0.2) is 0 Å². The van der Waals surface area contributed by atoms with Crippen LogP contribution in [-0.2, 0) is 29.8 Å². The number of benzene rings is 2. The van der Waals surface area contributed by atoms with Crippen LogP contribution in [0, 0.1) is 0 Å². The molecule has 0 fully saturated rings. The van der Waals surface area contributed by atoms with Crippen molar-refractivity contribution in [3.05, 3.63) is 47.5 Å². The molecule has 16 heteroatoms. The largest absolute Gasteiger partial charge is 0.508 e. The molecule has 2 aromatic rings. The summed E-state index contributed by atoms with van der Waals surface area (Å²) in [6.07, 6.45) is 0. The van der Waals surface area contributed by atoms with Crippen molar-refractivity contribution in [3.8, 4) is 11.5 Å². The van der Waals surface area contributed by atoms with Gasteiger partial charge in [0.1, 0.15) is 23.6 Å². The third-order valence-corrected chi connectivity index (χ3v) is 6.23. The summed E-state index contributed by atoms with van der Waals surface area (Å²) in [7, 11) is -9.38. The highest BCUT2D eigenvalue weighted by Crippen LogP contribution is 2.29. The molecule has 0 bridgehead atoms. The SMILES string of the molecule is O=C(O)[C@@H](NCCN[C@@H](C(=O)O)c1cc(S(=O)(=O)O)ccc1O)c1cc(S(=O)(=O)O)ccc1O. The molecule has 0 aliphatic rings. The zero-order valence-corrected chi connectivity index (χ0v) is 18.6. The summed E-state index contributed by atoms with van der Waals surface area (Å²) in [5, 5.41) is 43.7. The molecule has 0 aliphatic heterocycles. The molecule has 0 heterocycles. The molecule has 0 unspecified atom stereocenters. The minimum absolute atomic E-state index is 0.269. The maximum Gasteiger partial charge on any atom is 0.325 e. The lowest BCUT2D eigenvalue weighted by atomic mass is 10.1. The molecule has 2 aromatic carbocycles. The van der Waals surface area contributed by atoms with E-state index in [9.17, 15) is 46.9 Å². The van der Waals surface area contributed by atoms with Gasteiger partial charge >= 0.3 is 11.9 Å². The Labute approximate surface area is 193 Å². The number of aliphatic carboxylic acids is 2. The Morgan fingerprint density at radius 2 is 1.03 bits per heavy atom. The van der Waals surface area contributed by atoms with Crippen LogP contribution in [-0.4, -0.2) is 71.4 Å². The predicted octanol–water partition coefficient (Wildman–Crippen LogP) is -0.278. The Morgan fingerprint density at radius 3 is 1.29 bits per heavy atom. The second-order valence-corrected chi connectivity index (χ2v) is 9.69. The molecular formula is C18H20N2O12S2. The number of rotatable bonds is 11. The number of hydrogen-bond acceptors (Lipinski definition) is 10. The summed E-state index contributed by atoms with van der Waals surface area (Å²) in [4.78, 5) is 21.9. The number of aromatic hydroxyl groups is 2. The van der Waals surface area contributed by atoms with Gasteiger partial charge in [0.05, 0.1) is 9.79 Å². The minimum Gasteiger partial charge on any atom is -0.508 e. The van der Waals surface area contributed by atoms with Gasteiger partial charge in [0.15, 0.2) is 0 Å². The molecule has 8 N–H and O–H groups in total. The van der Waals surface area contributed by atoms with E-state index in [1.54, 1.807) is 0 Å². The maximum absolute atomic E-state index is 11.6. The Morgan fingerprint density at radius 1 is 0.706 bits per heavy atom. The van der Waals surface area contributed by atoms with Gasteiger partial charge in [0, 0.05) is 24.2 Å². The van der Waals surface area contributed by atoms with Crippen molar-refractivity contribution in [1.82, 2.24) is 10.6 Å². The third kappa shape index (κ3) is 6.62. The van der Waals surface area contributed by atoms with Crippen molar-refractivity contribution in [2.75, 3.05) is 13.1 Å². The Kier molecular flexibility index (Phi) is 8.19. The quantitative estimate of drug-likeness (QED) is 0.140. The summed E-state index contributed by atoms with van der Waals surface area (Å²) >= 11 is 0. The molecule has 0 aliphatic carbocycles. The fourth-order valence-electron chi connectivity index (χ4n) is 2.94. The summed E-state index contributed by atoms with van der Waals surface area (Å²) in [6.45, 7) is -0.538. The minimum atomic E-state index is -4.69. The van der Waals surface area contributed by atoms with Crippen LogP contribution < -0.4 is 10.6 Å². The monoisotopic (exact) mass is 520 g/mol. The molecule has 0 saturated carbocycles. The molecular weight excluding hydrogens is 500 g/mol. The summed E-state index contributed by atoms with van der Waals surface area (Å²) in [6, 6.07) is 1.65. The van der Waals surface area contributed by atoms with Gasteiger partial charge in [-0.2, -0.15) is 16.8 Å². The van der Waals surface area contributed by atoms with Gasteiger partial charge in [-0.3, -0.25) is 29.3 Å². The smallest absolute Gasteiger partial charge is 0.325 e. The van der Waals surface area contributed by atoms with E-state index in [0.717, 1.165) is 36.4 Å². The Bertz CT molecular complexity index is 1210. The van der Waals surface area contributed by atoms with Crippen LogP contribution in [0.1, 0.15) is 23.2 Å². The van der Waals surface area contributed by atoms with E-state index in [1.165, 1.54) is 0 Å². The van der Waals surface area contributed by atoms with Crippen LogP contribution >= 0.6 is 0 Å². The lowest BCUT2D eigenvalue weighted by Gasteiger charge is -2.19. The highest BCUT2D eigenvalue weighted by atomic mass is 32.2. The molecule has 0 aromatic heterocycles. The van der Waals surface area contributed by atoms with E-state index < -0.39 is 76.7 Å². The molecule has 14 nitrogen and oxygen atoms in total. The fraction of sp³-hybridized carbons (Fsp3) is 0.222. The normalized spacial score (nSPS) is 13.8. The lowest BCUT2D eigenvalue weighted by Crippen LogP contribution is -2.37. The van der Waals surface area contributed by atoms with E-state index in [2.05, 4.69) is 10.6 Å². The van der Waals surface area contributed by atoms with Gasteiger partial charge < -0.3 is 20.4 Å². The second-order valence-electron chi connectivity index (χ2n) is 6.84. The Hall–Kier alpha value is -3.28. The number of carboxylic acids is 2. The van der Waals surface area contributed by atoms with Gasteiger partial charge in [-0.15, -0.1) is 0 Å². The van der Waals surface area contributed by atoms with Crippen molar-refractivity contribution in [1.29, 1.82) is 0 Å². The molecule has 0 saturated heterocycles. The molecule has 2 rings (SSSR count). The van der Waals surface area contributed by atoms with Gasteiger partial charge in [-0.05, 0) is 36.4 Å². The van der Waals surface area contributed by atoms with Crippen molar-refractivity contribution in [3.63, 3.8) is 0 Å². The lowest BCUT2D eigenvalue weighted by molar-refractivity contribution is -0.141. The first-order chi connectivity index (χ1) is 15.6. The number of phenolic OH excluding ortho intramolecular Hbond substituents is 2. The predicted molar refractivity (Wildman–Crippen MR) is 113 cm³/mol. The van der Waals surface area contributed by atoms with E-state index in [0.29, 0.717) is 0 Å². The van der Waals surface area contributed by atoms with Crippen LogP contribution in [0.4, 0.5) is 0 Å².